The zero-order valence-electron chi connectivity index (χ0n) is 17.1. The fraction of sp³-hybridized carbons (Fsp3) is 0.909. The second-order valence-corrected chi connectivity index (χ2v) is 10.9. The molecule has 0 heterocycles. The summed E-state index contributed by atoms with van der Waals surface area (Å²) in [5.41, 5.74) is -1.30. The number of Topliss-reactive ketones (excluding diaryl/α,β-unsaturated/α-hetero) is 1. The first-order valence-corrected chi connectivity index (χ1v) is 10.3. The molecule has 4 fully saturated rings. The maximum atomic E-state index is 12.9. The van der Waals surface area contributed by atoms with Gasteiger partial charge in [-0.2, -0.15) is 0 Å². The second-order valence-electron chi connectivity index (χ2n) is 10.9. The Kier molecular flexibility index (Phi) is 3.64. The van der Waals surface area contributed by atoms with Crippen molar-refractivity contribution >= 4 is 11.8 Å². The summed E-state index contributed by atoms with van der Waals surface area (Å²) in [6.45, 7) is 12.3. The Balaban J connectivity index is 1.84. The molecule has 4 nitrogen and oxygen atoms in total. The summed E-state index contributed by atoms with van der Waals surface area (Å²) in [5, 5.41) is 11.7. The van der Waals surface area contributed by atoms with Gasteiger partial charge in [0.15, 0.2) is 0 Å². The normalized spacial score (nSPS) is 55.2. The van der Waals surface area contributed by atoms with Crippen molar-refractivity contribution in [2.75, 3.05) is 0 Å². The van der Waals surface area contributed by atoms with Gasteiger partial charge in [0.1, 0.15) is 11.9 Å². The third-order valence-corrected chi connectivity index (χ3v) is 9.12. The van der Waals surface area contributed by atoms with Gasteiger partial charge in [-0.15, -0.1) is 0 Å². The highest BCUT2D eigenvalue weighted by molar-refractivity contribution is 5.89. The van der Waals surface area contributed by atoms with Crippen molar-refractivity contribution in [2.24, 2.45) is 39.9 Å². The Bertz CT molecular complexity index is 671. The molecule has 0 amide bonds. The second kappa shape index (κ2) is 5.12. The van der Waals surface area contributed by atoms with Gasteiger partial charge in [-0.25, -0.2) is 0 Å². The highest BCUT2D eigenvalue weighted by atomic mass is 16.5. The molecule has 0 aromatic heterocycles. The molecule has 4 aliphatic carbocycles. The van der Waals surface area contributed by atoms with Crippen LogP contribution in [-0.2, 0) is 14.3 Å². The van der Waals surface area contributed by atoms with Crippen molar-refractivity contribution in [3.63, 3.8) is 0 Å². The largest absolute Gasteiger partial charge is 0.462 e. The monoisotopic (exact) mass is 362 g/mol. The number of carbonyl (C=O) groups is 2. The fourth-order valence-electron chi connectivity index (χ4n) is 7.36. The summed E-state index contributed by atoms with van der Waals surface area (Å²) in [6, 6.07) is 0. The summed E-state index contributed by atoms with van der Waals surface area (Å²) in [7, 11) is 0. The zero-order chi connectivity index (χ0) is 19.3. The van der Waals surface area contributed by atoms with Crippen LogP contribution in [0.5, 0.6) is 0 Å². The fourth-order valence-corrected chi connectivity index (χ4v) is 7.36. The van der Waals surface area contributed by atoms with Gasteiger partial charge in [0.2, 0.25) is 0 Å². The molecule has 8 atom stereocenters. The molecule has 4 saturated carbocycles. The van der Waals surface area contributed by atoms with E-state index in [-0.39, 0.29) is 46.1 Å². The number of hydrogen-bond donors (Lipinski definition) is 1. The molecular weight excluding hydrogens is 328 g/mol. The maximum Gasteiger partial charge on any atom is 0.302 e. The molecule has 0 aromatic rings. The van der Waals surface area contributed by atoms with Crippen molar-refractivity contribution < 1.29 is 19.4 Å². The number of ether oxygens (including phenoxy) is 1. The van der Waals surface area contributed by atoms with Gasteiger partial charge >= 0.3 is 5.97 Å². The van der Waals surface area contributed by atoms with Gasteiger partial charge in [-0.05, 0) is 54.8 Å². The number of carbonyl (C=O) groups excluding carboxylic acids is 2. The minimum Gasteiger partial charge on any atom is -0.462 e. The molecule has 0 aromatic carbocycles. The van der Waals surface area contributed by atoms with E-state index in [1.165, 1.54) is 6.92 Å². The van der Waals surface area contributed by atoms with Crippen LogP contribution in [0.3, 0.4) is 0 Å². The van der Waals surface area contributed by atoms with E-state index < -0.39 is 5.60 Å². The Morgan fingerprint density at radius 2 is 1.85 bits per heavy atom. The Morgan fingerprint density at radius 1 is 1.19 bits per heavy atom. The smallest absolute Gasteiger partial charge is 0.302 e. The third-order valence-electron chi connectivity index (χ3n) is 9.12. The van der Waals surface area contributed by atoms with E-state index in [0.717, 1.165) is 25.7 Å². The number of fused-ring (bicyclic) bond motifs is 5. The number of hydrogen-bond acceptors (Lipinski definition) is 4. The summed E-state index contributed by atoms with van der Waals surface area (Å²) < 4.78 is 5.84. The highest BCUT2D eigenvalue weighted by Gasteiger charge is 2.76. The van der Waals surface area contributed by atoms with Gasteiger partial charge < -0.3 is 9.84 Å². The van der Waals surface area contributed by atoms with Crippen molar-refractivity contribution in [1.82, 2.24) is 0 Å². The Morgan fingerprint density at radius 3 is 2.42 bits per heavy atom. The molecule has 4 heteroatoms. The predicted molar refractivity (Wildman–Crippen MR) is 98.2 cm³/mol. The van der Waals surface area contributed by atoms with Gasteiger partial charge in [0.05, 0.1) is 5.60 Å². The summed E-state index contributed by atoms with van der Waals surface area (Å²) in [6.07, 6.45) is 3.71. The molecule has 0 aliphatic heterocycles. The standard InChI is InChI=1S/C22H34O4/c1-12(2)22(25)8-7-19(4)11-16(26-13(3)23)21(6)10-15(24)20(5)9-14(20)17(21)18(19)22/h12,14,16-18,25H,7-11H2,1-6H3/t14-,16-,17+,18+,19+,20-,21+,22-/m0/s1. The van der Waals surface area contributed by atoms with Crippen LogP contribution in [0.25, 0.3) is 0 Å². The first-order valence-electron chi connectivity index (χ1n) is 10.3. The Labute approximate surface area is 157 Å². The highest BCUT2D eigenvalue weighted by Crippen LogP contribution is 2.76. The van der Waals surface area contributed by atoms with Gasteiger partial charge in [-0.3, -0.25) is 9.59 Å². The molecule has 26 heavy (non-hydrogen) atoms. The van der Waals surface area contributed by atoms with E-state index in [2.05, 4.69) is 34.6 Å². The Hall–Kier alpha value is -0.900. The van der Waals surface area contributed by atoms with E-state index in [1.54, 1.807) is 0 Å². The topological polar surface area (TPSA) is 63.6 Å². The number of rotatable bonds is 2. The number of aliphatic hydroxyl groups is 1. The van der Waals surface area contributed by atoms with Crippen molar-refractivity contribution in [1.29, 1.82) is 0 Å². The molecular formula is C22H34O4. The summed E-state index contributed by atoms with van der Waals surface area (Å²) in [5.74, 6) is 0.986. The summed E-state index contributed by atoms with van der Waals surface area (Å²) >= 11 is 0. The predicted octanol–water partition coefficient (Wildman–Crippen LogP) is 3.75. The zero-order valence-corrected chi connectivity index (χ0v) is 17.1. The molecule has 4 aliphatic rings. The molecule has 4 rings (SSSR count). The first-order chi connectivity index (χ1) is 11.9. The van der Waals surface area contributed by atoms with Gasteiger partial charge in [0.25, 0.3) is 0 Å². The van der Waals surface area contributed by atoms with Crippen LogP contribution < -0.4 is 0 Å². The SMILES string of the molecule is CC(=O)O[C@H]1C[C@@]2(C)CC[C@](O)(C(C)C)[C@@H]2[C@H]2[C@@H]3C[C@]3(C)C(=O)C[C@@]21C. The lowest BCUT2D eigenvalue weighted by molar-refractivity contribution is -0.209. The van der Waals surface area contributed by atoms with Crippen LogP contribution in [0.2, 0.25) is 0 Å². The van der Waals surface area contributed by atoms with Gasteiger partial charge in [-0.1, -0.05) is 34.6 Å². The third kappa shape index (κ3) is 2.11. The lowest BCUT2D eigenvalue weighted by Crippen LogP contribution is -2.63. The van der Waals surface area contributed by atoms with Crippen molar-refractivity contribution in [3.8, 4) is 0 Å². The quantitative estimate of drug-likeness (QED) is 0.760. The lowest BCUT2D eigenvalue weighted by atomic mass is 9.45. The van der Waals surface area contributed by atoms with E-state index >= 15 is 0 Å². The number of esters is 1. The van der Waals surface area contributed by atoms with Crippen molar-refractivity contribution in [3.05, 3.63) is 0 Å². The van der Waals surface area contributed by atoms with Crippen LogP contribution in [0.15, 0.2) is 0 Å². The molecule has 0 radical (unpaired) electrons. The average molecular weight is 363 g/mol. The molecule has 0 spiro atoms. The minimum atomic E-state index is -0.689. The van der Waals surface area contributed by atoms with Crippen LogP contribution >= 0.6 is 0 Å². The maximum absolute atomic E-state index is 12.9. The molecule has 0 unspecified atom stereocenters. The molecule has 1 N–H and O–H groups in total. The van der Waals surface area contributed by atoms with Crippen LogP contribution in [-0.4, -0.2) is 28.6 Å². The van der Waals surface area contributed by atoms with E-state index in [0.29, 0.717) is 18.1 Å². The van der Waals surface area contributed by atoms with Crippen LogP contribution in [0, 0.1) is 39.9 Å². The van der Waals surface area contributed by atoms with E-state index in [9.17, 15) is 14.7 Å². The van der Waals surface area contributed by atoms with Crippen LogP contribution in [0.1, 0.15) is 73.6 Å². The number of ketones is 1. The van der Waals surface area contributed by atoms with Crippen LogP contribution in [0.4, 0.5) is 0 Å². The average Bonchev–Trinajstić information content (AvgIpc) is 3.13. The molecule has 0 bridgehead atoms. The van der Waals surface area contributed by atoms with Gasteiger partial charge in [0, 0.05) is 24.2 Å². The molecule has 0 saturated heterocycles. The minimum absolute atomic E-state index is 0.0345. The van der Waals surface area contributed by atoms with Crippen molar-refractivity contribution in [2.45, 2.75) is 85.4 Å². The van der Waals surface area contributed by atoms with E-state index in [1.807, 2.05) is 0 Å². The summed E-state index contributed by atoms with van der Waals surface area (Å²) in [4.78, 5) is 24.8. The molecule has 146 valence electrons. The lowest BCUT2D eigenvalue weighted by Gasteiger charge is -2.60. The van der Waals surface area contributed by atoms with E-state index in [4.69, 9.17) is 4.74 Å². The first kappa shape index (κ1) is 18.5.